The molecule has 2 aliphatic heterocycles. The fourth-order valence-electron chi connectivity index (χ4n) is 4.08. The van der Waals surface area contributed by atoms with Crippen LogP contribution in [0.15, 0.2) is 23.0 Å². The third kappa shape index (κ3) is 2.55. The minimum absolute atomic E-state index is 0.0814. The van der Waals surface area contributed by atoms with Crippen molar-refractivity contribution in [2.24, 2.45) is 0 Å². The minimum Gasteiger partial charge on any atom is -0.311 e. The van der Waals surface area contributed by atoms with Crippen LogP contribution >= 0.6 is 0 Å². The summed E-state index contributed by atoms with van der Waals surface area (Å²) >= 11 is 0. The molecule has 1 aromatic carbocycles. The molecule has 1 saturated heterocycles. The van der Waals surface area contributed by atoms with Crippen molar-refractivity contribution >= 4 is 0 Å². The number of halogens is 2. The summed E-state index contributed by atoms with van der Waals surface area (Å²) in [4.78, 5) is 21.7. The lowest BCUT2D eigenvalue weighted by molar-refractivity contribution is 0.182. The van der Waals surface area contributed by atoms with Gasteiger partial charge in [0, 0.05) is 36.2 Å². The molecule has 2 aliphatic rings. The molecule has 2 atom stereocenters. The van der Waals surface area contributed by atoms with Crippen LogP contribution in [0, 0.1) is 18.6 Å². The van der Waals surface area contributed by atoms with Crippen LogP contribution in [0.1, 0.15) is 35.5 Å². The smallest absolute Gasteiger partial charge is 0.254 e. The van der Waals surface area contributed by atoms with E-state index in [9.17, 15) is 13.6 Å². The van der Waals surface area contributed by atoms with E-state index in [1.54, 1.807) is 6.92 Å². The van der Waals surface area contributed by atoms with Gasteiger partial charge in [-0.15, -0.1) is 0 Å². The van der Waals surface area contributed by atoms with Crippen LogP contribution in [0.4, 0.5) is 8.78 Å². The summed E-state index contributed by atoms with van der Waals surface area (Å²) in [7, 11) is 0. The van der Waals surface area contributed by atoms with Gasteiger partial charge < -0.3 is 4.98 Å². The molecule has 0 saturated carbocycles. The Kier molecular flexibility index (Phi) is 3.72. The molecule has 126 valence electrons. The van der Waals surface area contributed by atoms with Gasteiger partial charge in [-0.05, 0) is 38.3 Å². The highest BCUT2D eigenvalue weighted by Gasteiger charge is 2.38. The second kappa shape index (κ2) is 5.77. The topological polar surface area (TPSA) is 49.0 Å². The summed E-state index contributed by atoms with van der Waals surface area (Å²) in [6.45, 7) is 2.01. The largest absolute Gasteiger partial charge is 0.311 e. The van der Waals surface area contributed by atoms with Gasteiger partial charge in [-0.1, -0.05) is 6.07 Å². The van der Waals surface area contributed by atoms with Crippen molar-refractivity contribution in [3.63, 3.8) is 0 Å². The van der Waals surface area contributed by atoms with E-state index in [-0.39, 0.29) is 29.8 Å². The lowest BCUT2D eigenvalue weighted by Crippen LogP contribution is -2.36. The van der Waals surface area contributed by atoms with Crippen molar-refractivity contribution in [3.8, 4) is 0 Å². The average molecular weight is 331 g/mol. The molecule has 4 rings (SSSR count). The summed E-state index contributed by atoms with van der Waals surface area (Å²) < 4.78 is 28.1. The van der Waals surface area contributed by atoms with Crippen molar-refractivity contribution in [3.05, 3.63) is 62.8 Å². The number of fused-ring (bicyclic) bond motifs is 3. The van der Waals surface area contributed by atoms with Crippen LogP contribution < -0.4 is 5.56 Å². The highest BCUT2D eigenvalue weighted by Crippen LogP contribution is 2.34. The summed E-state index contributed by atoms with van der Waals surface area (Å²) in [5.74, 6) is -0.408. The van der Waals surface area contributed by atoms with E-state index in [1.165, 1.54) is 18.2 Å². The summed E-state index contributed by atoms with van der Waals surface area (Å²) in [6.07, 6.45) is 3.15. The molecule has 2 bridgehead atoms. The van der Waals surface area contributed by atoms with Crippen LogP contribution in [-0.4, -0.2) is 27.0 Å². The van der Waals surface area contributed by atoms with E-state index in [4.69, 9.17) is 0 Å². The second-order valence-electron chi connectivity index (χ2n) is 6.74. The van der Waals surface area contributed by atoms with Crippen molar-refractivity contribution in [2.45, 2.75) is 51.2 Å². The second-order valence-corrected chi connectivity index (χ2v) is 6.74. The van der Waals surface area contributed by atoms with E-state index in [2.05, 4.69) is 14.9 Å². The molecule has 1 aromatic heterocycles. The number of aryl methyl sites for hydroxylation is 1. The zero-order chi connectivity index (χ0) is 16.8. The monoisotopic (exact) mass is 331 g/mol. The van der Waals surface area contributed by atoms with Gasteiger partial charge in [0.15, 0.2) is 0 Å². The van der Waals surface area contributed by atoms with Gasteiger partial charge in [-0.3, -0.25) is 9.69 Å². The summed E-state index contributed by atoms with van der Waals surface area (Å²) in [6, 6.07) is 4.27. The SMILES string of the molecule is Cc1nc2c(c(=O)[nH]1)C[C@@H]1CC[C@@H](C2)N1Cc1c(F)cccc1F. The van der Waals surface area contributed by atoms with Gasteiger partial charge in [-0.2, -0.15) is 0 Å². The Bertz CT molecular complexity index is 828. The molecule has 4 nitrogen and oxygen atoms in total. The number of hydrogen-bond donors (Lipinski definition) is 1. The third-order valence-electron chi connectivity index (χ3n) is 5.26. The highest BCUT2D eigenvalue weighted by molar-refractivity contribution is 5.25. The molecule has 1 N–H and O–H groups in total. The van der Waals surface area contributed by atoms with Crippen molar-refractivity contribution in [1.82, 2.24) is 14.9 Å². The third-order valence-corrected chi connectivity index (χ3v) is 5.26. The fraction of sp³-hybridized carbons (Fsp3) is 0.444. The number of rotatable bonds is 2. The first-order chi connectivity index (χ1) is 11.5. The Morgan fingerprint density at radius 1 is 1.21 bits per heavy atom. The van der Waals surface area contributed by atoms with Gasteiger partial charge in [0.1, 0.15) is 17.5 Å². The van der Waals surface area contributed by atoms with Gasteiger partial charge in [0.25, 0.3) is 5.56 Å². The number of aromatic nitrogens is 2. The first kappa shape index (κ1) is 15.4. The van der Waals surface area contributed by atoms with Gasteiger partial charge in [-0.25, -0.2) is 13.8 Å². The number of hydrogen-bond acceptors (Lipinski definition) is 3. The van der Waals surface area contributed by atoms with E-state index in [0.29, 0.717) is 18.7 Å². The van der Waals surface area contributed by atoms with E-state index in [0.717, 1.165) is 24.1 Å². The molecule has 3 heterocycles. The Hall–Kier alpha value is -2.08. The lowest BCUT2D eigenvalue weighted by Gasteiger charge is -2.28. The van der Waals surface area contributed by atoms with Crippen molar-refractivity contribution in [2.75, 3.05) is 0 Å². The Morgan fingerprint density at radius 3 is 2.58 bits per heavy atom. The molecule has 0 radical (unpaired) electrons. The average Bonchev–Trinajstić information content (AvgIpc) is 2.79. The highest BCUT2D eigenvalue weighted by atomic mass is 19.1. The first-order valence-electron chi connectivity index (χ1n) is 8.30. The maximum atomic E-state index is 14.0. The van der Waals surface area contributed by atoms with Crippen LogP contribution in [0.3, 0.4) is 0 Å². The molecule has 0 spiro atoms. The van der Waals surface area contributed by atoms with Crippen LogP contribution in [-0.2, 0) is 19.4 Å². The first-order valence-corrected chi connectivity index (χ1v) is 8.30. The Morgan fingerprint density at radius 2 is 1.88 bits per heavy atom. The predicted molar refractivity (Wildman–Crippen MR) is 85.7 cm³/mol. The number of H-pyrrole nitrogens is 1. The van der Waals surface area contributed by atoms with Crippen LogP contribution in [0.2, 0.25) is 0 Å². The summed E-state index contributed by atoms with van der Waals surface area (Å²) in [5.41, 5.74) is 1.59. The van der Waals surface area contributed by atoms with Gasteiger partial charge >= 0.3 is 0 Å². The maximum Gasteiger partial charge on any atom is 0.254 e. The van der Waals surface area contributed by atoms with E-state index in [1.807, 2.05) is 0 Å². The Balaban J connectivity index is 1.68. The Labute approximate surface area is 138 Å². The zero-order valence-corrected chi connectivity index (χ0v) is 13.5. The van der Waals surface area contributed by atoms with Crippen molar-refractivity contribution in [1.29, 1.82) is 0 Å². The minimum atomic E-state index is -0.511. The molecule has 0 aliphatic carbocycles. The van der Waals surface area contributed by atoms with Gasteiger partial charge in [0.05, 0.1) is 5.69 Å². The normalized spacial score (nSPS) is 23.1. The molecule has 0 amide bonds. The van der Waals surface area contributed by atoms with Gasteiger partial charge in [0.2, 0.25) is 0 Å². The fourth-order valence-corrected chi connectivity index (χ4v) is 4.08. The number of aromatic amines is 1. The number of nitrogens with one attached hydrogen (secondary N) is 1. The predicted octanol–water partition coefficient (Wildman–Crippen LogP) is 2.49. The molecule has 6 heteroatoms. The summed E-state index contributed by atoms with van der Waals surface area (Å²) in [5, 5.41) is 0. The molecule has 24 heavy (non-hydrogen) atoms. The zero-order valence-electron chi connectivity index (χ0n) is 13.5. The molecule has 1 fully saturated rings. The van der Waals surface area contributed by atoms with E-state index >= 15 is 0 Å². The molecular weight excluding hydrogens is 312 g/mol. The van der Waals surface area contributed by atoms with Crippen molar-refractivity contribution < 1.29 is 8.78 Å². The quantitative estimate of drug-likeness (QED) is 0.920. The number of nitrogens with zero attached hydrogens (tertiary/aromatic N) is 2. The lowest BCUT2D eigenvalue weighted by atomic mass is 9.98. The molecule has 2 aromatic rings. The molecular formula is C18H19F2N3O. The van der Waals surface area contributed by atoms with E-state index < -0.39 is 11.6 Å². The number of benzene rings is 1. The van der Waals surface area contributed by atoms with Crippen LogP contribution in [0.25, 0.3) is 0 Å². The maximum absolute atomic E-state index is 14.0. The molecule has 0 unspecified atom stereocenters. The standard InChI is InChI=1S/C18H19F2N3O/c1-10-21-17-8-12-6-5-11(7-13(17)18(24)22-10)23(12)9-14-15(19)3-2-4-16(14)20/h2-4,11-12H,5-9H2,1H3,(H,21,22,24)/t11-,12-/m0/s1. The van der Waals surface area contributed by atoms with Crippen LogP contribution in [0.5, 0.6) is 0 Å².